The zero-order chi connectivity index (χ0) is 18.5. The third-order valence-corrected chi connectivity index (χ3v) is 3.82. The number of rotatable bonds is 6. The van der Waals surface area contributed by atoms with E-state index in [2.05, 4.69) is 15.4 Å². The summed E-state index contributed by atoms with van der Waals surface area (Å²) in [5.74, 6) is 0.612. The van der Waals surface area contributed by atoms with Gasteiger partial charge in [-0.05, 0) is 56.3 Å². The number of nitrogens with zero attached hydrogens (tertiary/aromatic N) is 3. The number of aromatic nitrogens is 3. The summed E-state index contributed by atoms with van der Waals surface area (Å²) in [5.41, 5.74) is 3.40. The van der Waals surface area contributed by atoms with E-state index in [-0.39, 0.29) is 12.0 Å². The monoisotopic (exact) mass is 350 g/mol. The van der Waals surface area contributed by atoms with Crippen LogP contribution in [0.25, 0.3) is 11.3 Å². The van der Waals surface area contributed by atoms with E-state index in [0.717, 1.165) is 22.7 Å². The van der Waals surface area contributed by atoms with Crippen molar-refractivity contribution in [2.75, 3.05) is 0 Å². The van der Waals surface area contributed by atoms with Crippen LogP contribution in [-0.4, -0.2) is 26.8 Å². The summed E-state index contributed by atoms with van der Waals surface area (Å²) in [4.78, 5) is 16.3. The summed E-state index contributed by atoms with van der Waals surface area (Å²) >= 11 is 0. The second kappa shape index (κ2) is 7.82. The molecule has 6 heteroatoms. The molecule has 0 bridgehead atoms. The van der Waals surface area contributed by atoms with Gasteiger partial charge in [-0.25, -0.2) is 0 Å². The molecule has 0 aliphatic carbocycles. The summed E-state index contributed by atoms with van der Waals surface area (Å²) in [6.45, 7) is 4.30. The van der Waals surface area contributed by atoms with Crippen molar-refractivity contribution in [1.29, 1.82) is 0 Å². The topological polar surface area (TPSA) is 69.0 Å². The van der Waals surface area contributed by atoms with Crippen LogP contribution < -0.4 is 10.1 Å². The zero-order valence-corrected chi connectivity index (χ0v) is 15.1. The molecule has 1 aromatic carbocycles. The molecule has 134 valence electrons. The lowest BCUT2D eigenvalue weighted by atomic mass is 10.2. The highest BCUT2D eigenvalue weighted by molar-refractivity contribution is 5.94. The summed E-state index contributed by atoms with van der Waals surface area (Å²) in [6, 6.07) is 13.0. The Hall–Kier alpha value is -3.15. The van der Waals surface area contributed by atoms with Gasteiger partial charge in [0.15, 0.2) is 0 Å². The molecular weight excluding hydrogens is 328 g/mol. The first-order valence-corrected chi connectivity index (χ1v) is 8.51. The molecular formula is C20H22N4O2. The van der Waals surface area contributed by atoms with E-state index < -0.39 is 0 Å². The largest absolute Gasteiger partial charge is 0.491 e. The fraction of sp³-hybridized carbons (Fsp3) is 0.250. The SMILES string of the molecule is CC(C)Oc1ccc(C(=O)NCc2cc(-c3ccncc3)n(C)n2)cc1. The van der Waals surface area contributed by atoms with Gasteiger partial charge >= 0.3 is 0 Å². The number of ether oxygens (including phenoxy) is 1. The van der Waals surface area contributed by atoms with Crippen molar-refractivity contribution in [2.24, 2.45) is 7.05 Å². The van der Waals surface area contributed by atoms with Crippen LogP contribution in [0, 0.1) is 0 Å². The number of aryl methyl sites for hydroxylation is 1. The maximum atomic E-state index is 12.3. The number of amides is 1. The lowest BCUT2D eigenvalue weighted by Crippen LogP contribution is -2.23. The van der Waals surface area contributed by atoms with Gasteiger partial charge in [0.05, 0.1) is 24.0 Å². The quantitative estimate of drug-likeness (QED) is 0.741. The van der Waals surface area contributed by atoms with Gasteiger partial charge in [-0.1, -0.05) is 0 Å². The van der Waals surface area contributed by atoms with Crippen molar-refractivity contribution >= 4 is 5.91 Å². The van der Waals surface area contributed by atoms with Crippen LogP contribution in [-0.2, 0) is 13.6 Å². The van der Waals surface area contributed by atoms with E-state index in [1.54, 1.807) is 41.3 Å². The molecule has 26 heavy (non-hydrogen) atoms. The lowest BCUT2D eigenvalue weighted by molar-refractivity contribution is 0.0950. The van der Waals surface area contributed by atoms with E-state index in [0.29, 0.717) is 12.1 Å². The standard InChI is InChI=1S/C20H22N4O2/c1-14(2)26-18-6-4-16(5-7-18)20(25)22-13-17-12-19(24(3)23-17)15-8-10-21-11-9-15/h4-12,14H,13H2,1-3H3,(H,22,25). The second-order valence-corrected chi connectivity index (χ2v) is 6.25. The van der Waals surface area contributed by atoms with Gasteiger partial charge in [0.1, 0.15) is 5.75 Å². The van der Waals surface area contributed by atoms with Gasteiger partial charge in [-0.2, -0.15) is 5.10 Å². The third kappa shape index (κ3) is 4.27. The molecule has 0 saturated carbocycles. The first kappa shape index (κ1) is 17.7. The van der Waals surface area contributed by atoms with E-state index in [9.17, 15) is 4.79 Å². The zero-order valence-electron chi connectivity index (χ0n) is 15.1. The Morgan fingerprint density at radius 2 is 1.85 bits per heavy atom. The molecule has 2 heterocycles. The minimum absolute atomic E-state index is 0.105. The molecule has 0 aliphatic rings. The number of benzene rings is 1. The van der Waals surface area contributed by atoms with Crippen molar-refractivity contribution in [2.45, 2.75) is 26.5 Å². The molecule has 0 unspecified atom stereocenters. The van der Waals surface area contributed by atoms with Crippen molar-refractivity contribution in [1.82, 2.24) is 20.1 Å². The Kier molecular flexibility index (Phi) is 5.31. The fourth-order valence-electron chi connectivity index (χ4n) is 2.64. The highest BCUT2D eigenvalue weighted by Gasteiger charge is 2.10. The Balaban J connectivity index is 1.63. The first-order valence-electron chi connectivity index (χ1n) is 8.51. The van der Waals surface area contributed by atoms with Gasteiger partial charge in [0.25, 0.3) is 5.91 Å². The lowest BCUT2D eigenvalue weighted by Gasteiger charge is -2.10. The van der Waals surface area contributed by atoms with Gasteiger partial charge in [-0.15, -0.1) is 0 Å². The average Bonchev–Trinajstić information content (AvgIpc) is 3.01. The predicted molar refractivity (Wildman–Crippen MR) is 99.8 cm³/mol. The van der Waals surface area contributed by atoms with Crippen molar-refractivity contribution < 1.29 is 9.53 Å². The van der Waals surface area contributed by atoms with Gasteiger partial charge in [-0.3, -0.25) is 14.5 Å². The number of nitrogens with one attached hydrogen (secondary N) is 1. The molecule has 0 radical (unpaired) electrons. The fourth-order valence-corrected chi connectivity index (χ4v) is 2.64. The average molecular weight is 350 g/mol. The van der Waals surface area contributed by atoms with Crippen LogP contribution in [0.1, 0.15) is 29.9 Å². The minimum atomic E-state index is -0.141. The van der Waals surface area contributed by atoms with E-state index in [1.807, 2.05) is 39.1 Å². The Morgan fingerprint density at radius 1 is 1.15 bits per heavy atom. The van der Waals surface area contributed by atoms with Crippen LogP contribution in [0.15, 0.2) is 54.9 Å². The molecule has 0 spiro atoms. The summed E-state index contributed by atoms with van der Waals surface area (Å²) in [6.07, 6.45) is 3.60. The van der Waals surface area contributed by atoms with Crippen LogP contribution in [0.2, 0.25) is 0 Å². The number of carbonyl (C=O) groups is 1. The molecule has 0 aliphatic heterocycles. The van der Waals surface area contributed by atoms with Gasteiger partial charge in [0, 0.05) is 30.6 Å². The van der Waals surface area contributed by atoms with Gasteiger partial charge in [0.2, 0.25) is 0 Å². The summed E-state index contributed by atoms with van der Waals surface area (Å²) < 4.78 is 7.39. The smallest absolute Gasteiger partial charge is 0.251 e. The van der Waals surface area contributed by atoms with E-state index in [1.165, 1.54) is 0 Å². The molecule has 0 atom stereocenters. The maximum Gasteiger partial charge on any atom is 0.251 e. The number of hydrogen-bond acceptors (Lipinski definition) is 4. The molecule has 6 nitrogen and oxygen atoms in total. The molecule has 2 aromatic heterocycles. The Labute approximate surface area is 152 Å². The van der Waals surface area contributed by atoms with Crippen LogP contribution in [0.3, 0.4) is 0 Å². The summed E-state index contributed by atoms with van der Waals surface area (Å²) in [5, 5.41) is 7.36. The van der Waals surface area contributed by atoms with E-state index >= 15 is 0 Å². The normalized spacial score (nSPS) is 10.8. The van der Waals surface area contributed by atoms with Crippen LogP contribution in [0.4, 0.5) is 0 Å². The number of hydrogen-bond donors (Lipinski definition) is 1. The molecule has 0 fully saturated rings. The van der Waals surface area contributed by atoms with Crippen molar-refractivity contribution in [3.63, 3.8) is 0 Å². The Morgan fingerprint density at radius 3 is 2.50 bits per heavy atom. The highest BCUT2D eigenvalue weighted by atomic mass is 16.5. The van der Waals surface area contributed by atoms with Gasteiger partial charge < -0.3 is 10.1 Å². The predicted octanol–water partition coefficient (Wildman–Crippen LogP) is 3.20. The Bertz CT molecular complexity index is 871. The number of pyridine rings is 1. The molecule has 0 saturated heterocycles. The van der Waals surface area contributed by atoms with Crippen LogP contribution in [0.5, 0.6) is 5.75 Å². The third-order valence-electron chi connectivity index (χ3n) is 3.82. The molecule has 1 amide bonds. The molecule has 3 aromatic rings. The second-order valence-electron chi connectivity index (χ2n) is 6.25. The maximum absolute atomic E-state index is 12.3. The van der Waals surface area contributed by atoms with Crippen LogP contribution >= 0.6 is 0 Å². The minimum Gasteiger partial charge on any atom is -0.491 e. The molecule has 3 rings (SSSR count). The molecule has 1 N–H and O–H groups in total. The van der Waals surface area contributed by atoms with Crippen molar-refractivity contribution in [3.05, 3.63) is 66.1 Å². The highest BCUT2D eigenvalue weighted by Crippen LogP contribution is 2.19. The summed E-state index contributed by atoms with van der Waals surface area (Å²) in [7, 11) is 1.88. The first-order chi connectivity index (χ1) is 12.5. The van der Waals surface area contributed by atoms with E-state index in [4.69, 9.17) is 4.74 Å². The number of carbonyl (C=O) groups excluding carboxylic acids is 1. The van der Waals surface area contributed by atoms with Crippen molar-refractivity contribution in [3.8, 4) is 17.0 Å².